The number of ether oxygens (including phenoxy) is 2. The Bertz CT molecular complexity index is 292. The Morgan fingerprint density at radius 1 is 1.37 bits per heavy atom. The average Bonchev–Trinajstić information content (AvgIpc) is 2.45. The molecule has 0 aromatic heterocycles. The highest BCUT2D eigenvalue weighted by molar-refractivity contribution is 5.77. The molecule has 19 heavy (non-hydrogen) atoms. The van der Waals surface area contributed by atoms with Crippen molar-refractivity contribution in [2.75, 3.05) is 32.9 Å². The highest BCUT2D eigenvalue weighted by atomic mass is 16.7. The summed E-state index contributed by atoms with van der Waals surface area (Å²) in [5.74, 6) is -0.505. The molecule has 1 N–H and O–H groups in total. The fourth-order valence-electron chi connectivity index (χ4n) is 1.63. The molecular weight excluding hydrogens is 252 g/mol. The van der Waals surface area contributed by atoms with Crippen LogP contribution in [0.25, 0.3) is 0 Å². The van der Waals surface area contributed by atoms with Crippen LogP contribution in [0, 0.1) is 0 Å². The molecule has 1 atom stereocenters. The fourth-order valence-corrected chi connectivity index (χ4v) is 1.63. The van der Waals surface area contributed by atoms with E-state index < -0.39 is 18.1 Å². The van der Waals surface area contributed by atoms with Gasteiger partial charge in [0, 0.05) is 13.1 Å². The number of hydrogen-bond donors (Lipinski definition) is 1. The number of unbranched alkanes of at least 4 members (excludes halogenated alkanes) is 1. The van der Waals surface area contributed by atoms with E-state index in [1.165, 1.54) is 0 Å². The number of hydroxylamine groups is 1. The minimum atomic E-state index is -0.740. The first kappa shape index (κ1) is 15.7. The number of rotatable bonds is 5. The van der Waals surface area contributed by atoms with Crippen LogP contribution < -0.4 is 5.48 Å². The molecule has 0 radical (unpaired) electrons. The molecule has 0 aliphatic carbocycles. The van der Waals surface area contributed by atoms with E-state index in [-0.39, 0.29) is 0 Å². The van der Waals surface area contributed by atoms with E-state index in [2.05, 4.69) is 0 Å². The van der Waals surface area contributed by atoms with Gasteiger partial charge in [-0.3, -0.25) is 4.90 Å². The van der Waals surface area contributed by atoms with Crippen molar-refractivity contribution in [2.45, 2.75) is 32.7 Å². The van der Waals surface area contributed by atoms with Gasteiger partial charge in [0.15, 0.2) is 0 Å². The van der Waals surface area contributed by atoms with Gasteiger partial charge < -0.3 is 14.3 Å². The Hall–Kier alpha value is -1.34. The maximum absolute atomic E-state index is 11.7. The van der Waals surface area contributed by atoms with Crippen molar-refractivity contribution in [2.24, 2.45) is 0 Å². The first-order valence-corrected chi connectivity index (χ1v) is 6.60. The molecule has 0 spiro atoms. The van der Waals surface area contributed by atoms with Gasteiger partial charge in [0.1, 0.15) is 6.04 Å². The van der Waals surface area contributed by atoms with E-state index in [1.54, 1.807) is 6.92 Å². The topological polar surface area (TPSA) is 77.1 Å². The van der Waals surface area contributed by atoms with Crippen LogP contribution in [-0.2, 0) is 19.1 Å². The summed E-state index contributed by atoms with van der Waals surface area (Å²) in [5, 5.41) is 0. The molecule has 0 bridgehead atoms. The number of nitrogens with one attached hydrogen (secondary N) is 1. The fraction of sp³-hybridized carbons (Fsp3) is 0.833. The molecule has 110 valence electrons. The Kier molecular flexibility index (Phi) is 7.20. The van der Waals surface area contributed by atoms with Crippen molar-refractivity contribution in [1.82, 2.24) is 10.4 Å². The third-order valence-electron chi connectivity index (χ3n) is 2.90. The minimum Gasteiger partial charge on any atom is -0.447 e. The number of hydrogen-bond acceptors (Lipinski definition) is 6. The second kappa shape index (κ2) is 8.71. The monoisotopic (exact) mass is 274 g/mol. The smallest absolute Gasteiger partial charge is 0.440 e. The van der Waals surface area contributed by atoms with Gasteiger partial charge in [0.25, 0.3) is 0 Å². The van der Waals surface area contributed by atoms with Crippen LogP contribution >= 0.6 is 0 Å². The summed E-state index contributed by atoms with van der Waals surface area (Å²) >= 11 is 0. The van der Waals surface area contributed by atoms with Crippen LogP contribution in [-0.4, -0.2) is 55.9 Å². The maximum atomic E-state index is 11.7. The third-order valence-corrected chi connectivity index (χ3v) is 2.90. The molecular formula is C12H22N2O5. The van der Waals surface area contributed by atoms with E-state index in [9.17, 15) is 9.59 Å². The molecule has 7 heteroatoms. The predicted octanol–water partition coefficient (Wildman–Crippen LogP) is 0.692. The lowest BCUT2D eigenvalue weighted by molar-refractivity contribution is -0.157. The summed E-state index contributed by atoms with van der Waals surface area (Å²) in [6.07, 6.45) is 0.975. The van der Waals surface area contributed by atoms with Crippen molar-refractivity contribution in [3.8, 4) is 0 Å². The summed E-state index contributed by atoms with van der Waals surface area (Å²) < 4.78 is 10.00. The van der Waals surface area contributed by atoms with Crippen molar-refractivity contribution in [3.63, 3.8) is 0 Å². The quantitative estimate of drug-likeness (QED) is 0.587. The molecule has 0 aromatic rings. The van der Waals surface area contributed by atoms with Gasteiger partial charge in [-0.25, -0.2) is 9.59 Å². The SMILES string of the molecule is CCCCOC(=O)NOC(=O)C(C)N1CCOCC1. The van der Waals surface area contributed by atoms with Crippen LogP contribution in [0.15, 0.2) is 0 Å². The summed E-state index contributed by atoms with van der Waals surface area (Å²) in [4.78, 5) is 29.5. The number of amides is 1. The summed E-state index contributed by atoms with van der Waals surface area (Å²) in [5.41, 5.74) is 1.99. The zero-order valence-electron chi connectivity index (χ0n) is 11.5. The average molecular weight is 274 g/mol. The molecule has 7 nitrogen and oxygen atoms in total. The van der Waals surface area contributed by atoms with Gasteiger partial charge in [-0.15, -0.1) is 5.48 Å². The molecule has 1 aliphatic heterocycles. The van der Waals surface area contributed by atoms with Crippen molar-refractivity contribution < 1.29 is 23.9 Å². The van der Waals surface area contributed by atoms with E-state index in [0.717, 1.165) is 12.8 Å². The van der Waals surface area contributed by atoms with Crippen molar-refractivity contribution >= 4 is 12.1 Å². The zero-order chi connectivity index (χ0) is 14.1. The Morgan fingerprint density at radius 3 is 2.68 bits per heavy atom. The molecule has 1 amide bonds. The lowest BCUT2D eigenvalue weighted by Crippen LogP contribution is -2.47. The maximum Gasteiger partial charge on any atom is 0.440 e. The standard InChI is InChI=1S/C12H22N2O5/c1-3-4-7-18-12(16)13-19-11(15)10(2)14-5-8-17-9-6-14/h10H,3-9H2,1-2H3,(H,13,16). The molecule has 1 rings (SSSR count). The van der Waals surface area contributed by atoms with Crippen LogP contribution in [0.2, 0.25) is 0 Å². The predicted molar refractivity (Wildman–Crippen MR) is 67.3 cm³/mol. The zero-order valence-corrected chi connectivity index (χ0v) is 11.5. The van der Waals surface area contributed by atoms with Crippen LogP contribution in [0.1, 0.15) is 26.7 Å². The van der Waals surface area contributed by atoms with Gasteiger partial charge in [-0.05, 0) is 13.3 Å². The lowest BCUT2D eigenvalue weighted by atomic mass is 10.2. The number of carbonyl (C=O) groups excluding carboxylic acids is 2. The van der Waals surface area contributed by atoms with Crippen molar-refractivity contribution in [1.29, 1.82) is 0 Å². The highest BCUT2D eigenvalue weighted by Gasteiger charge is 2.25. The molecule has 1 saturated heterocycles. The lowest BCUT2D eigenvalue weighted by Gasteiger charge is -2.30. The van der Waals surface area contributed by atoms with Gasteiger partial charge >= 0.3 is 12.1 Å². The number of carbonyl (C=O) groups is 2. The Labute approximate surface area is 113 Å². The second-order valence-electron chi connectivity index (χ2n) is 4.34. The van der Waals surface area contributed by atoms with E-state index in [1.807, 2.05) is 17.3 Å². The summed E-state index contributed by atoms with van der Waals surface area (Å²) in [6, 6.07) is -0.417. The highest BCUT2D eigenvalue weighted by Crippen LogP contribution is 2.04. The van der Waals surface area contributed by atoms with E-state index >= 15 is 0 Å². The molecule has 0 saturated carbocycles. The first-order valence-electron chi connectivity index (χ1n) is 6.60. The van der Waals surface area contributed by atoms with E-state index in [0.29, 0.717) is 32.9 Å². The largest absolute Gasteiger partial charge is 0.447 e. The van der Waals surface area contributed by atoms with Crippen molar-refractivity contribution in [3.05, 3.63) is 0 Å². The van der Waals surface area contributed by atoms with Gasteiger partial charge in [0.05, 0.1) is 19.8 Å². The first-order chi connectivity index (χ1) is 9.15. The van der Waals surface area contributed by atoms with Gasteiger partial charge in [0.2, 0.25) is 0 Å². The van der Waals surface area contributed by atoms with Crippen LogP contribution in [0.4, 0.5) is 4.79 Å². The molecule has 0 aromatic carbocycles. The van der Waals surface area contributed by atoms with Gasteiger partial charge in [-0.1, -0.05) is 13.3 Å². The number of morpholine rings is 1. The van der Waals surface area contributed by atoms with E-state index in [4.69, 9.17) is 14.3 Å². The van der Waals surface area contributed by atoms with Gasteiger partial charge in [-0.2, -0.15) is 0 Å². The summed E-state index contributed by atoms with van der Waals surface area (Å²) in [6.45, 7) is 6.60. The normalized spacial score (nSPS) is 17.6. The van der Waals surface area contributed by atoms with Crippen LogP contribution in [0.3, 0.4) is 0 Å². The molecule has 1 fully saturated rings. The Balaban J connectivity index is 2.20. The van der Waals surface area contributed by atoms with Crippen LogP contribution in [0.5, 0.6) is 0 Å². The third kappa shape index (κ3) is 5.89. The molecule has 1 unspecified atom stereocenters. The summed E-state index contributed by atoms with van der Waals surface area (Å²) in [7, 11) is 0. The molecule has 1 heterocycles. The minimum absolute atomic E-state index is 0.318. The number of nitrogens with zero attached hydrogens (tertiary/aromatic N) is 1. The second-order valence-corrected chi connectivity index (χ2v) is 4.34. The molecule has 1 aliphatic rings. The Morgan fingerprint density at radius 2 is 2.05 bits per heavy atom.